The highest BCUT2D eigenvalue weighted by Gasteiger charge is 2.40. The van der Waals surface area contributed by atoms with E-state index in [0.717, 1.165) is 39.4 Å². The lowest BCUT2D eigenvalue weighted by atomic mass is 9.80. The average molecular weight is 572 g/mol. The van der Waals surface area contributed by atoms with Gasteiger partial charge in [-0.25, -0.2) is 9.59 Å². The van der Waals surface area contributed by atoms with Crippen molar-refractivity contribution in [2.75, 3.05) is 44.3 Å². The van der Waals surface area contributed by atoms with Crippen molar-refractivity contribution in [3.8, 4) is 0 Å². The van der Waals surface area contributed by atoms with Gasteiger partial charge in [-0.2, -0.15) is 26.3 Å². The molecule has 8 nitrogen and oxygen atoms in total. The van der Waals surface area contributed by atoms with Crippen molar-refractivity contribution in [2.45, 2.75) is 31.7 Å². The molecule has 15 heteroatoms. The third-order valence-electron chi connectivity index (χ3n) is 5.64. The van der Waals surface area contributed by atoms with Gasteiger partial charge in [0.1, 0.15) is 0 Å². The molecule has 2 saturated heterocycles. The summed E-state index contributed by atoms with van der Waals surface area (Å²) in [5.74, 6) is -5.51. The topological polar surface area (TPSA) is 103 Å². The van der Waals surface area contributed by atoms with Gasteiger partial charge < -0.3 is 19.8 Å². The van der Waals surface area contributed by atoms with Crippen LogP contribution in [0.4, 0.5) is 32.0 Å². The second-order valence-electron chi connectivity index (χ2n) is 8.68. The Bertz CT molecular complexity index is 983. The Morgan fingerprint density at radius 3 is 2.21 bits per heavy atom. The SMILES string of the molecule is O=C(O)C(F)(F)F.O=C(O)C(F)(F)F.c1cncc(N2CCOCC3(CCCN(Cc4cccs4)C3)C2)c1. The fraction of sp³-hybridized carbons (Fsp3) is 0.522. The number of pyridine rings is 1. The highest BCUT2D eigenvalue weighted by molar-refractivity contribution is 7.09. The number of aromatic nitrogens is 1. The van der Waals surface area contributed by atoms with E-state index >= 15 is 0 Å². The van der Waals surface area contributed by atoms with Crippen molar-refractivity contribution >= 4 is 29.0 Å². The van der Waals surface area contributed by atoms with Gasteiger partial charge in [0.15, 0.2) is 0 Å². The number of hydrogen-bond donors (Lipinski definition) is 2. The Balaban J connectivity index is 0.000000301. The van der Waals surface area contributed by atoms with Crippen LogP contribution in [0.1, 0.15) is 17.7 Å². The van der Waals surface area contributed by atoms with E-state index in [1.54, 1.807) is 0 Å². The van der Waals surface area contributed by atoms with Crippen LogP contribution < -0.4 is 4.90 Å². The second kappa shape index (κ2) is 13.8. The van der Waals surface area contributed by atoms with Gasteiger partial charge in [-0.3, -0.25) is 9.88 Å². The van der Waals surface area contributed by atoms with E-state index in [1.165, 1.54) is 30.0 Å². The zero-order chi connectivity index (χ0) is 28.4. The first-order chi connectivity index (χ1) is 17.7. The lowest BCUT2D eigenvalue weighted by Gasteiger charge is -2.44. The van der Waals surface area contributed by atoms with E-state index in [-0.39, 0.29) is 5.41 Å². The van der Waals surface area contributed by atoms with E-state index in [0.29, 0.717) is 0 Å². The Morgan fingerprint density at radius 2 is 1.68 bits per heavy atom. The van der Waals surface area contributed by atoms with Crippen LogP contribution in [0, 0.1) is 5.41 Å². The molecule has 2 aromatic rings. The zero-order valence-electron chi connectivity index (χ0n) is 20.0. The molecule has 0 radical (unpaired) electrons. The van der Waals surface area contributed by atoms with Crippen LogP contribution in [0.2, 0.25) is 0 Å². The minimum absolute atomic E-state index is 0.238. The number of alkyl halides is 6. The summed E-state index contributed by atoms with van der Waals surface area (Å²) in [5, 5.41) is 16.4. The molecule has 2 N–H and O–H groups in total. The quantitative estimate of drug-likeness (QED) is 0.519. The van der Waals surface area contributed by atoms with Crippen molar-refractivity contribution in [1.29, 1.82) is 0 Å². The fourth-order valence-electron chi connectivity index (χ4n) is 4.07. The number of likely N-dealkylation sites (tertiary alicyclic amines) is 1. The molecule has 2 aliphatic heterocycles. The number of carboxylic acids is 2. The van der Waals surface area contributed by atoms with Gasteiger partial charge in [0.2, 0.25) is 0 Å². The maximum Gasteiger partial charge on any atom is 0.490 e. The molecule has 2 fully saturated rings. The van der Waals surface area contributed by atoms with E-state index < -0.39 is 24.3 Å². The van der Waals surface area contributed by atoms with Crippen molar-refractivity contribution in [3.05, 3.63) is 46.9 Å². The van der Waals surface area contributed by atoms with Crippen LogP contribution in [-0.2, 0) is 20.9 Å². The summed E-state index contributed by atoms with van der Waals surface area (Å²) < 4.78 is 69.5. The number of nitrogens with zero attached hydrogens (tertiary/aromatic N) is 3. The summed E-state index contributed by atoms with van der Waals surface area (Å²) in [6.07, 6.45) is -3.83. The monoisotopic (exact) mass is 571 g/mol. The van der Waals surface area contributed by atoms with E-state index in [4.69, 9.17) is 24.5 Å². The molecule has 38 heavy (non-hydrogen) atoms. The maximum atomic E-state index is 10.6. The van der Waals surface area contributed by atoms with Gasteiger partial charge in [0.05, 0.1) is 25.1 Å². The predicted octanol–water partition coefficient (Wildman–Crippen LogP) is 4.53. The minimum Gasteiger partial charge on any atom is -0.475 e. The first-order valence-electron chi connectivity index (χ1n) is 11.3. The van der Waals surface area contributed by atoms with Crippen LogP contribution in [-0.4, -0.2) is 83.8 Å². The van der Waals surface area contributed by atoms with E-state index in [1.807, 2.05) is 29.8 Å². The summed E-state index contributed by atoms with van der Waals surface area (Å²) in [6, 6.07) is 8.59. The number of ether oxygens (including phenoxy) is 1. The summed E-state index contributed by atoms with van der Waals surface area (Å²) in [7, 11) is 0. The molecule has 2 aromatic heterocycles. The van der Waals surface area contributed by atoms with Crippen LogP contribution >= 0.6 is 11.3 Å². The highest BCUT2D eigenvalue weighted by atomic mass is 32.1. The van der Waals surface area contributed by atoms with Crippen LogP contribution in [0.3, 0.4) is 0 Å². The smallest absolute Gasteiger partial charge is 0.475 e. The number of carbonyl (C=O) groups is 2. The number of anilines is 1. The Kier molecular flexibility index (Phi) is 11.3. The molecule has 1 unspecified atom stereocenters. The molecule has 2 aliphatic rings. The third-order valence-corrected chi connectivity index (χ3v) is 6.50. The highest BCUT2D eigenvalue weighted by Crippen LogP contribution is 2.35. The summed E-state index contributed by atoms with van der Waals surface area (Å²) in [6.45, 7) is 7.12. The standard InChI is InChI=1S/C19H25N3OS.2C2HF3O2/c1-4-17(12-20-7-1)22-9-10-23-16-19(15-22)6-3-8-21(14-19)13-18-5-2-11-24-18;2*3-2(4,5)1(6)7/h1-2,4-5,7,11-12H,3,6,8-10,13-16H2;2*(H,6,7). The number of piperidine rings is 1. The number of hydrogen-bond acceptors (Lipinski definition) is 7. The minimum atomic E-state index is -5.08. The van der Waals surface area contributed by atoms with Gasteiger partial charge >= 0.3 is 24.3 Å². The average Bonchev–Trinajstić information content (AvgIpc) is 3.26. The lowest BCUT2D eigenvalue weighted by molar-refractivity contribution is -0.193. The van der Waals surface area contributed by atoms with Crippen molar-refractivity contribution in [1.82, 2.24) is 9.88 Å². The van der Waals surface area contributed by atoms with Crippen LogP contribution in [0.25, 0.3) is 0 Å². The van der Waals surface area contributed by atoms with Crippen molar-refractivity contribution in [3.63, 3.8) is 0 Å². The molecular weight excluding hydrogens is 544 g/mol. The number of rotatable bonds is 3. The van der Waals surface area contributed by atoms with Crippen molar-refractivity contribution in [2.24, 2.45) is 5.41 Å². The van der Waals surface area contributed by atoms with E-state index in [9.17, 15) is 26.3 Å². The molecule has 4 rings (SSSR count). The predicted molar refractivity (Wildman–Crippen MR) is 126 cm³/mol. The Hall–Kier alpha value is -2.91. The molecule has 4 heterocycles. The van der Waals surface area contributed by atoms with Gasteiger partial charge in [-0.1, -0.05) is 6.07 Å². The fourth-order valence-corrected chi connectivity index (χ4v) is 4.82. The number of halogens is 6. The van der Waals surface area contributed by atoms with Crippen molar-refractivity contribution < 1.29 is 50.9 Å². The summed E-state index contributed by atoms with van der Waals surface area (Å²) in [5.41, 5.74) is 1.46. The number of aliphatic carboxylic acids is 2. The Labute approximate surface area is 218 Å². The lowest BCUT2D eigenvalue weighted by Crippen LogP contribution is -2.50. The second-order valence-corrected chi connectivity index (χ2v) is 9.72. The first-order valence-corrected chi connectivity index (χ1v) is 12.2. The maximum absolute atomic E-state index is 10.6. The number of thiophene rings is 1. The molecule has 1 spiro atoms. The molecule has 0 amide bonds. The zero-order valence-corrected chi connectivity index (χ0v) is 20.9. The van der Waals surface area contributed by atoms with Gasteiger partial charge in [-0.05, 0) is 43.0 Å². The summed E-state index contributed by atoms with van der Waals surface area (Å²) in [4.78, 5) is 28.6. The van der Waals surface area contributed by atoms with Crippen LogP contribution in [0.5, 0.6) is 0 Å². The third kappa shape index (κ3) is 10.5. The molecule has 0 saturated carbocycles. The molecule has 1 atom stereocenters. The number of carboxylic acid groups (broad SMARTS) is 2. The molecular formula is C23H27F6N3O5S. The summed E-state index contributed by atoms with van der Waals surface area (Å²) >= 11 is 1.86. The van der Waals surface area contributed by atoms with E-state index in [2.05, 4.69) is 38.4 Å². The molecule has 0 aromatic carbocycles. The van der Waals surface area contributed by atoms with Crippen LogP contribution in [0.15, 0.2) is 42.0 Å². The van der Waals surface area contributed by atoms with Gasteiger partial charge in [0.25, 0.3) is 0 Å². The Morgan fingerprint density at radius 1 is 1.03 bits per heavy atom. The normalized spacial score (nSPS) is 20.4. The molecule has 212 valence electrons. The molecule has 0 bridgehead atoms. The van der Waals surface area contributed by atoms with Gasteiger partial charge in [0, 0.05) is 42.7 Å². The largest absolute Gasteiger partial charge is 0.490 e. The van der Waals surface area contributed by atoms with Gasteiger partial charge in [-0.15, -0.1) is 11.3 Å². The first kappa shape index (κ1) is 31.3. The molecule has 0 aliphatic carbocycles.